The number of halogens is 1. The maximum atomic E-state index is 5.63. The third-order valence-electron chi connectivity index (χ3n) is 2.52. The van der Waals surface area contributed by atoms with Gasteiger partial charge in [-0.25, -0.2) is 4.98 Å². The average Bonchev–Trinajstić information content (AvgIpc) is 2.64. The molecule has 88 valence electrons. The molecule has 0 spiro atoms. The Bertz CT molecular complexity index is 538. The summed E-state index contributed by atoms with van der Waals surface area (Å²) < 4.78 is 17.0. The van der Waals surface area contributed by atoms with E-state index in [-0.39, 0.29) is 0 Å². The lowest BCUT2D eigenvalue weighted by Gasteiger charge is -2.07. The Balaban J connectivity index is 2.00. The van der Waals surface area contributed by atoms with Gasteiger partial charge in [0.25, 0.3) is 3.90 Å². The fraction of sp³-hybridized carbons (Fsp3) is 0.250. The highest BCUT2D eigenvalue weighted by Crippen LogP contribution is 2.33. The van der Waals surface area contributed by atoms with Crippen molar-refractivity contribution < 1.29 is 13.9 Å². The van der Waals surface area contributed by atoms with Gasteiger partial charge in [0.2, 0.25) is 0 Å². The standard InChI is InChI=1S/C12H10INO3/c13-12-14-9(7-17-12)8-2-3-10-11(6-8)16-5-1-4-15-10/h2-3,6-7H,1,4-5H2. The van der Waals surface area contributed by atoms with E-state index in [2.05, 4.69) is 4.98 Å². The molecule has 1 aliphatic heterocycles. The first-order valence-corrected chi connectivity index (χ1v) is 6.42. The molecule has 0 atom stereocenters. The van der Waals surface area contributed by atoms with Crippen molar-refractivity contribution in [2.24, 2.45) is 0 Å². The van der Waals surface area contributed by atoms with Crippen LogP contribution < -0.4 is 9.47 Å². The summed E-state index contributed by atoms with van der Waals surface area (Å²) in [5.74, 6) is 1.57. The van der Waals surface area contributed by atoms with E-state index in [0.29, 0.717) is 17.1 Å². The summed E-state index contributed by atoms with van der Waals surface area (Å²) >= 11 is 2.04. The van der Waals surface area contributed by atoms with Crippen molar-refractivity contribution in [3.05, 3.63) is 28.4 Å². The molecule has 0 amide bonds. The van der Waals surface area contributed by atoms with E-state index in [1.54, 1.807) is 6.26 Å². The number of hydrogen-bond donors (Lipinski definition) is 0. The van der Waals surface area contributed by atoms with E-state index in [1.165, 1.54) is 0 Å². The van der Waals surface area contributed by atoms with Crippen molar-refractivity contribution >= 4 is 22.6 Å². The van der Waals surface area contributed by atoms with Crippen LogP contribution in [0.4, 0.5) is 0 Å². The Morgan fingerprint density at radius 1 is 1.12 bits per heavy atom. The number of nitrogens with zero attached hydrogens (tertiary/aromatic N) is 1. The Kier molecular flexibility index (Phi) is 2.92. The van der Waals surface area contributed by atoms with Gasteiger partial charge in [0, 0.05) is 34.6 Å². The molecule has 3 rings (SSSR count). The zero-order valence-electron chi connectivity index (χ0n) is 8.98. The first-order chi connectivity index (χ1) is 8.33. The van der Waals surface area contributed by atoms with Crippen molar-refractivity contribution in [1.82, 2.24) is 4.98 Å². The number of ether oxygens (including phenoxy) is 2. The van der Waals surface area contributed by atoms with Crippen molar-refractivity contribution in [3.63, 3.8) is 0 Å². The smallest absolute Gasteiger partial charge is 0.257 e. The molecule has 0 unspecified atom stereocenters. The second-order valence-electron chi connectivity index (χ2n) is 3.70. The monoisotopic (exact) mass is 343 g/mol. The van der Waals surface area contributed by atoms with Crippen LogP contribution in [0.25, 0.3) is 11.3 Å². The Morgan fingerprint density at radius 2 is 1.94 bits per heavy atom. The van der Waals surface area contributed by atoms with Crippen LogP contribution in [0, 0.1) is 3.90 Å². The second kappa shape index (κ2) is 4.56. The van der Waals surface area contributed by atoms with E-state index in [1.807, 2.05) is 40.8 Å². The molecule has 0 N–H and O–H groups in total. The van der Waals surface area contributed by atoms with Crippen LogP contribution in [0.2, 0.25) is 0 Å². The summed E-state index contributed by atoms with van der Waals surface area (Å²) in [5.41, 5.74) is 1.78. The highest BCUT2D eigenvalue weighted by molar-refractivity contribution is 14.1. The maximum Gasteiger partial charge on any atom is 0.257 e. The molecule has 0 fully saturated rings. The lowest BCUT2D eigenvalue weighted by Crippen LogP contribution is -1.97. The molecule has 1 aromatic carbocycles. The van der Waals surface area contributed by atoms with Crippen molar-refractivity contribution in [1.29, 1.82) is 0 Å². The van der Waals surface area contributed by atoms with Gasteiger partial charge in [-0.15, -0.1) is 0 Å². The minimum atomic E-state index is 0.629. The maximum absolute atomic E-state index is 5.63. The van der Waals surface area contributed by atoms with Gasteiger partial charge >= 0.3 is 0 Å². The summed E-state index contributed by atoms with van der Waals surface area (Å²) in [6.07, 6.45) is 2.55. The normalized spacial score (nSPS) is 14.4. The van der Waals surface area contributed by atoms with Crippen molar-refractivity contribution in [3.8, 4) is 22.8 Å². The van der Waals surface area contributed by atoms with Gasteiger partial charge in [-0.1, -0.05) is 0 Å². The van der Waals surface area contributed by atoms with Gasteiger partial charge < -0.3 is 13.9 Å². The van der Waals surface area contributed by atoms with Crippen LogP contribution in [0.5, 0.6) is 11.5 Å². The molecule has 5 heteroatoms. The van der Waals surface area contributed by atoms with Crippen molar-refractivity contribution in [2.75, 3.05) is 13.2 Å². The quantitative estimate of drug-likeness (QED) is 0.747. The summed E-state index contributed by atoms with van der Waals surface area (Å²) in [5, 5.41) is 0. The van der Waals surface area contributed by atoms with E-state index in [4.69, 9.17) is 13.9 Å². The second-order valence-corrected chi connectivity index (χ2v) is 4.62. The van der Waals surface area contributed by atoms with Crippen LogP contribution in [0.1, 0.15) is 6.42 Å². The van der Waals surface area contributed by atoms with Crippen molar-refractivity contribution in [2.45, 2.75) is 6.42 Å². The fourth-order valence-electron chi connectivity index (χ4n) is 1.71. The predicted molar refractivity (Wildman–Crippen MR) is 70.3 cm³/mol. The zero-order chi connectivity index (χ0) is 11.7. The van der Waals surface area contributed by atoms with Crippen LogP contribution in [0.3, 0.4) is 0 Å². The molecule has 1 aromatic heterocycles. The minimum absolute atomic E-state index is 0.629. The third-order valence-corrected chi connectivity index (χ3v) is 3.01. The van der Waals surface area contributed by atoms with Crippen LogP contribution in [0.15, 0.2) is 28.9 Å². The number of fused-ring (bicyclic) bond motifs is 1. The third kappa shape index (κ3) is 2.24. The lowest BCUT2D eigenvalue weighted by molar-refractivity contribution is 0.297. The van der Waals surface area contributed by atoms with Gasteiger partial charge in [0.05, 0.1) is 13.2 Å². The molecule has 0 saturated heterocycles. The van der Waals surface area contributed by atoms with Crippen LogP contribution >= 0.6 is 22.6 Å². The molecule has 4 nitrogen and oxygen atoms in total. The number of oxazole rings is 1. The molecule has 0 aliphatic carbocycles. The molecule has 0 saturated carbocycles. The molecule has 2 heterocycles. The first kappa shape index (κ1) is 10.9. The van der Waals surface area contributed by atoms with Crippen LogP contribution in [-0.4, -0.2) is 18.2 Å². The molecule has 0 radical (unpaired) electrons. The van der Waals surface area contributed by atoms with E-state index in [9.17, 15) is 0 Å². The van der Waals surface area contributed by atoms with E-state index < -0.39 is 0 Å². The topological polar surface area (TPSA) is 44.5 Å². The van der Waals surface area contributed by atoms with Gasteiger partial charge in [0.15, 0.2) is 11.5 Å². The number of hydrogen-bond acceptors (Lipinski definition) is 4. The van der Waals surface area contributed by atoms with Gasteiger partial charge in [-0.2, -0.15) is 0 Å². The highest BCUT2D eigenvalue weighted by atomic mass is 127. The molecule has 1 aliphatic rings. The summed E-state index contributed by atoms with van der Waals surface area (Å²) in [4.78, 5) is 4.28. The largest absolute Gasteiger partial charge is 0.490 e. The number of aromatic nitrogens is 1. The van der Waals surface area contributed by atoms with Gasteiger partial charge in [-0.05, 0) is 18.2 Å². The number of benzene rings is 1. The first-order valence-electron chi connectivity index (χ1n) is 5.34. The minimum Gasteiger partial charge on any atom is -0.490 e. The SMILES string of the molecule is Ic1nc(-c2ccc3c(c2)OCCCO3)co1. The van der Waals surface area contributed by atoms with E-state index >= 15 is 0 Å². The number of rotatable bonds is 1. The van der Waals surface area contributed by atoms with Crippen LogP contribution in [-0.2, 0) is 0 Å². The summed E-state index contributed by atoms with van der Waals surface area (Å²) in [7, 11) is 0. The fourth-order valence-corrected chi connectivity index (χ4v) is 2.09. The molecule has 2 aromatic rings. The lowest BCUT2D eigenvalue weighted by atomic mass is 10.1. The highest BCUT2D eigenvalue weighted by Gasteiger charge is 2.12. The molecule has 17 heavy (non-hydrogen) atoms. The zero-order valence-corrected chi connectivity index (χ0v) is 11.1. The van der Waals surface area contributed by atoms with Gasteiger partial charge in [-0.3, -0.25) is 0 Å². The molecule has 0 bridgehead atoms. The average molecular weight is 343 g/mol. The predicted octanol–water partition coefficient (Wildman–Crippen LogP) is 3.11. The molecular weight excluding hydrogens is 333 g/mol. The Morgan fingerprint density at radius 3 is 2.71 bits per heavy atom. The summed E-state index contributed by atoms with van der Waals surface area (Å²) in [6, 6.07) is 5.81. The summed E-state index contributed by atoms with van der Waals surface area (Å²) in [6.45, 7) is 1.39. The van der Waals surface area contributed by atoms with Gasteiger partial charge in [0.1, 0.15) is 12.0 Å². The van der Waals surface area contributed by atoms with E-state index in [0.717, 1.165) is 29.2 Å². The Labute approximate surface area is 112 Å². The Hall–Kier alpha value is -1.24. The molecular formula is C12H10INO3.